The monoisotopic (exact) mass is 255 g/mol. The molecule has 1 aliphatic carbocycles. The number of nitrogen functional groups attached to an aromatic ring is 1. The molecule has 0 unspecified atom stereocenters. The number of nitrogens with zero attached hydrogens (tertiary/aromatic N) is 1. The summed E-state index contributed by atoms with van der Waals surface area (Å²) in [7, 11) is -3.58. The maximum absolute atomic E-state index is 12.0. The van der Waals surface area contributed by atoms with Gasteiger partial charge in [0.1, 0.15) is 0 Å². The van der Waals surface area contributed by atoms with E-state index in [9.17, 15) is 8.42 Å². The summed E-state index contributed by atoms with van der Waals surface area (Å²) in [6.45, 7) is 2.55. The zero-order valence-electron chi connectivity index (χ0n) is 9.81. The van der Waals surface area contributed by atoms with Crippen LogP contribution >= 0.6 is 0 Å². The summed E-state index contributed by atoms with van der Waals surface area (Å²) < 4.78 is 26.6. The standard InChI is InChI=1S/C11H17N3O2S/c1-2-11(5-6-11)8-14-17(15,16)10-9(12)4-3-7-13-10/h3-4,7,14H,2,5-6,8,12H2,1H3. The highest BCUT2D eigenvalue weighted by molar-refractivity contribution is 7.89. The van der Waals surface area contributed by atoms with Crippen LogP contribution in [0.25, 0.3) is 0 Å². The van der Waals surface area contributed by atoms with Crippen molar-refractivity contribution in [1.29, 1.82) is 0 Å². The molecule has 1 aromatic rings. The highest BCUT2D eigenvalue weighted by Gasteiger charge is 2.41. The van der Waals surface area contributed by atoms with E-state index in [2.05, 4.69) is 16.6 Å². The normalized spacial score (nSPS) is 17.9. The predicted octanol–water partition coefficient (Wildman–Crippen LogP) is 1.13. The molecule has 1 heterocycles. The van der Waals surface area contributed by atoms with Gasteiger partial charge in [0, 0.05) is 12.7 Å². The molecule has 0 saturated heterocycles. The molecule has 0 amide bonds. The fourth-order valence-corrected chi connectivity index (χ4v) is 2.99. The topological polar surface area (TPSA) is 85.1 Å². The largest absolute Gasteiger partial charge is 0.396 e. The first-order valence-electron chi connectivity index (χ1n) is 5.69. The number of nitrogens with two attached hydrogens (primary N) is 1. The Kier molecular flexibility index (Phi) is 3.09. The summed E-state index contributed by atoms with van der Waals surface area (Å²) in [5, 5.41) is -0.0769. The minimum Gasteiger partial charge on any atom is -0.396 e. The van der Waals surface area contributed by atoms with Crippen LogP contribution in [0, 0.1) is 5.41 Å². The minimum absolute atomic E-state index is 0.0769. The smallest absolute Gasteiger partial charge is 0.260 e. The molecule has 0 aromatic carbocycles. The fraction of sp³-hybridized carbons (Fsp3) is 0.545. The Labute approximate surface area is 101 Å². The van der Waals surface area contributed by atoms with E-state index >= 15 is 0 Å². The van der Waals surface area contributed by atoms with Crippen LogP contribution in [0.15, 0.2) is 23.4 Å². The Morgan fingerprint density at radius 1 is 1.53 bits per heavy atom. The number of nitrogens with one attached hydrogen (secondary N) is 1. The number of sulfonamides is 1. The molecule has 5 nitrogen and oxygen atoms in total. The van der Waals surface area contributed by atoms with Gasteiger partial charge in [-0.1, -0.05) is 6.92 Å². The number of pyridine rings is 1. The van der Waals surface area contributed by atoms with Crippen LogP contribution in [0.2, 0.25) is 0 Å². The summed E-state index contributed by atoms with van der Waals surface area (Å²) >= 11 is 0. The third kappa shape index (κ3) is 2.58. The highest BCUT2D eigenvalue weighted by Crippen LogP contribution is 2.48. The molecular formula is C11H17N3O2S. The minimum atomic E-state index is -3.58. The lowest BCUT2D eigenvalue weighted by Gasteiger charge is -2.13. The maximum atomic E-state index is 12.0. The van der Waals surface area contributed by atoms with Gasteiger partial charge in [-0.15, -0.1) is 0 Å². The lowest BCUT2D eigenvalue weighted by molar-refractivity contribution is 0.475. The molecule has 2 rings (SSSR count). The van der Waals surface area contributed by atoms with Gasteiger partial charge in [-0.3, -0.25) is 0 Å². The van der Waals surface area contributed by atoms with Crippen LogP contribution in [-0.2, 0) is 10.0 Å². The van der Waals surface area contributed by atoms with Crippen molar-refractivity contribution in [2.24, 2.45) is 5.41 Å². The predicted molar refractivity (Wildman–Crippen MR) is 65.8 cm³/mol. The first kappa shape index (κ1) is 12.3. The van der Waals surface area contributed by atoms with Crippen LogP contribution in [0.3, 0.4) is 0 Å². The summed E-state index contributed by atoms with van der Waals surface area (Å²) in [6.07, 6.45) is 4.60. The molecule has 6 heteroatoms. The van der Waals surface area contributed by atoms with Crippen molar-refractivity contribution in [3.63, 3.8) is 0 Å². The quantitative estimate of drug-likeness (QED) is 0.826. The van der Waals surface area contributed by atoms with E-state index in [4.69, 9.17) is 5.73 Å². The molecule has 17 heavy (non-hydrogen) atoms. The molecule has 1 aromatic heterocycles. The molecular weight excluding hydrogens is 238 g/mol. The van der Waals surface area contributed by atoms with E-state index in [-0.39, 0.29) is 16.1 Å². The molecule has 94 valence electrons. The Bertz CT molecular complexity index is 509. The third-order valence-corrected chi connectivity index (χ3v) is 4.77. The van der Waals surface area contributed by atoms with Gasteiger partial charge >= 0.3 is 0 Å². The van der Waals surface area contributed by atoms with Crippen LogP contribution in [-0.4, -0.2) is 19.9 Å². The Morgan fingerprint density at radius 2 is 2.24 bits per heavy atom. The molecule has 1 fully saturated rings. The van der Waals surface area contributed by atoms with Crippen molar-refractivity contribution in [2.45, 2.75) is 31.2 Å². The summed E-state index contributed by atoms with van der Waals surface area (Å²) in [6, 6.07) is 3.15. The van der Waals surface area contributed by atoms with Crippen LogP contribution in [0.5, 0.6) is 0 Å². The first-order valence-corrected chi connectivity index (χ1v) is 7.18. The van der Waals surface area contributed by atoms with Gasteiger partial charge in [0.25, 0.3) is 10.0 Å². The lowest BCUT2D eigenvalue weighted by atomic mass is 10.1. The van der Waals surface area contributed by atoms with Crippen molar-refractivity contribution in [3.8, 4) is 0 Å². The fourth-order valence-electron chi connectivity index (χ4n) is 1.78. The van der Waals surface area contributed by atoms with Gasteiger partial charge in [0.2, 0.25) is 0 Å². The second kappa shape index (κ2) is 4.27. The van der Waals surface area contributed by atoms with Gasteiger partial charge in [-0.2, -0.15) is 0 Å². The first-order chi connectivity index (χ1) is 7.99. The number of anilines is 1. The average Bonchev–Trinajstić information content (AvgIpc) is 3.08. The van der Waals surface area contributed by atoms with E-state index in [0.717, 1.165) is 19.3 Å². The molecule has 0 bridgehead atoms. The van der Waals surface area contributed by atoms with E-state index < -0.39 is 10.0 Å². The van der Waals surface area contributed by atoms with Gasteiger partial charge in [0.05, 0.1) is 5.69 Å². The van der Waals surface area contributed by atoms with E-state index in [0.29, 0.717) is 6.54 Å². The Hall–Kier alpha value is -1.14. The van der Waals surface area contributed by atoms with E-state index in [1.54, 1.807) is 6.07 Å². The SMILES string of the molecule is CCC1(CNS(=O)(=O)c2ncccc2N)CC1. The molecule has 0 spiro atoms. The average molecular weight is 255 g/mol. The third-order valence-electron chi connectivity index (χ3n) is 3.40. The van der Waals surface area contributed by atoms with Gasteiger partial charge in [0.15, 0.2) is 5.03 Å². The van der Waals surface area contributed by atoms with E-state index in [1.165, 1.54) is 12.3 Å². The van der Waals surface area contributed by atoms with Crippen LogP contribution in [0.1, 0.15) is 26.2 Å². The van der Waals surface area contributed by atoms with Gasteiger partial charge in [-0.05, 0) is 36.8 Å². The summed E-state index contributed by atoms with van der Waals surface area (Å²) in [5.74, 6) is 0. The molecule has 1 saturated carbocycles. The van der Waals surface area contributed by atoms with Crippen molar-refractivity contribution in [3.05, 3.63) is 18.3 Å². The number of hydrogen-bond donors (Lipinski definition) is 2. The van der Waals surface area contributed by atoms with Gasteiger partial charge < -0.3 is 5.73 Å². The van der Waals surface area contributed by atoms with E-state index in [1.807, 2.05) is 0 Å². The van der Waals surface area contributed by atoms with Crippen molar-refractivity contribution in [1.82, 2.24) is 9.71 Å². The summed E-state index contributed by atoms with van der Waals surface area (Å²) in [4.78, 5) is 3.82. The maximum Gasteiger partial charge on any atom is 0.260 e. The second-order valence-electron chi connectivity index (χ2n) is 4.58. The van der Waals surface area contributed by atoms with Gasteiger partial charge in [-0.25, -0.2) is 18.1 Å². The van der Waals surface area contributed by atoms with Crippen LogP contribution < -0.4 is 10.5 Å². The molecule has 3 N–H and O–H groups in total. The van der Waals surface area contributed by atoms with Crippen molar-refractivity contribution < 1.29 is 8.42 Å². The Balaban J connectivity index is 2.12. The molecule has 0 atom stereocenters. The molecule has 1 aliphatic rings. The highest BCUT2D eigenvalue weighted by atomic mass is 32.2. The number of rotatable bonds is 5. The Morgan fingerprint density at radius 3 is 2.76 bits per heavy atom. The molecule has 0 radical (unpaired) electrons. The number of aromatic nitrogens is 1. The van der Waals surface area contributed by atoms with Crippen LogP contribution in [0.4, 0.5) is 5.69 Å². The zero-order chi connectivity index (χ0) is 12.5. The lowest BCUT2D eigenvalue weighted by Crippen LogP contribution is -2.31. The number of hydrogen-bond acceptors (Lipinski definition) is 4. The summed E-state index contributed by atoms with van der Waals surface area (Å²) in [5.41, 5.74) is 5.96. The van der Waals surface area contributed by atoms with Crippen molar-refractivity contribution >= 4 is 15.7 Å². The zero-order valence-corrected chi connectivity index (χ0v) is 10.6. The second-order valence-corrected chi connectivity index (χ2v) is 6.26. The van der Waals surface area contributed by atoms with Crippen molar-refractivity contribution in [2.75, 3.05) is 12.3 Å². The molecule has 0 aliphatic heterocycles.